The van der Waals surface area contributed by atoms with Crippen molar-refractivity contribution in [3.05, 3.63) is 75.3 Å². The van der Waals surface area contributed by atoms with E-state index in [-0.39, 0.29) is 24.1 Å². The molecule has 1 amide bonds. The van der Waals surface area contributed by atoms with Gasteiger partial charge in [-0.1, -0.05) is 24.3 Å². The van der Waals surface area contributed by atoms with Crippen LogP contribution < -0.4 is 5.32 Å². The monoisotopic (exact) mass is 482 g/mol. The zero-order valence-electron chi connectivity index (χ0n) is 18.1. The fraction of sp³-hybridized carbons (Fsp3) is 0.318. The van der Waals surface area contributed by atoms with Gasteiger partial charge < -0.3 is 14.8 Å². The van der Waals surface area contributed by atoms with Gasteiger partial charge in [0.15, 0.2) is 0 Å². The van der Waals surface area contributed by atoms with Crippen LogP contribution in [0, 0.1) is 10.1 Å². The second-order valence-electron chi connectivity index (χ2n) is 7.18. The molecule has 0 radical (unpaired) electrons. The van der Waals surface area contributed by atoms with E-state index < -0.39 is 46.5 Å². The molecule has 0 saturated carbocycles. The van der Waals surface area contributed by atoms with E-state index >= 15 is 0 Å². The number of nitro groups is 1. The molecule has 0 aliphatic heterocycles. The van der Waals surface area contributed by atoms with Gasteiger partial charge >= 0.3 is 18.1 Å². The zero-order valence-corrected chi connectivity index (χ0v) is 18.1. The van der Waals surface area contributed by atoms with Crippen molar-refractivity contribution >= 4 is 23.5 Å². The SMILES string of the molecule is COC(=O)C[C@@H](c1ccc([N+](=O)[O-])cc1)[C@H](NC(=O)Cc1ccc(C(F)(F)F)cc1)C(=O)OC. The highest BCUT2D eigenvalue weighted by molar-refractivity contribution is 5.87. The quantitative estimate of drug-likeness (QED) is 0.331. The molecule has 2 atom stereocenters. The lowest BCUT2D eigenvalue weighted by Crippen LogP contribution is -2.46. The summed E-state index contributed by atoms with van der Waals surface area (Å²) < 4.78 is 47.6. The lowest BCUT2D eigenvalue weighted by molar-refractivity contribution is -0.384. The molecule has 2 rings (SSSR count). The van der Waals surface area contributed by atoms with Crippen LogP contribution in [0.4, 0.5) is 18.9 Å². The summed E-state index contributed by atoms with van der Waals surface area (Å²) >= 11 is 0. The van der Waals surface area contributed by atoms with Gasteiger partial charge in [-0.15, -0.1) is 0 Å². The summed E-state index contributed by atoms with van der Waals surface area (Å²) in [6, 6.07) is 7.58. The van der Waals surface area contributed by atoms with Crippen LogP contribution in [0.1, 0.15) is 29.0 Å². The number of benzene rings is 2. The third kappa shape index (κ3) is 7.02. The maximum Gasteiger partial charge on any atom is 0.416 e. The molecule has 1 N–H and O–H groups in total. The summed E-state index contributed by atoms with van der Waals surface area (Å²) in [5.41, 5.74) is -0.517. The zero-order chi connectivity index (χ0) is 25.5. The molecule has 12 heteroatoms. The van der Waals surface area contributed by atoms with Crippen LogP contribution in [-0.2, 0) is 36.5 Å². The van der Waals surface area contributed by atoms with Crippen molar-refractivity contribution in [2.24, 2.45) is 0 Å². The van der Waals surface area contributed by atoms with Gasteiger partial charge in [-0.3, -0.25) is 19.7 Å². The average molecular weight is 482 g/mol. The molecule has 0 aliphatic carbocycles. The van der Waals surface area contributed by atoms with Crippen molar-refractivity contribution in [2.75, 3.05) is 14.2 Å². The number of hydrogen-bond donors (Lipinski definition) is 1. The maximum absolute atomic E-state index is 12.7. The van der Waals surface area contributed by atoms with E-state index in [2.05, 4.69) is 10.1 Å². The second kappa shape index (κ2) is 11.3. The lowest BCUT2D eigenvalue weighted by Gasteiger charge is -2.26. The van der Waals surface area contributed by atoms with E-state index in [0.717, 1.165) is 38.5 Å². The number of hydrogen-bond acceptors (Lipinski definition) is 7. The molecule has 2 aromatic carbocycles. The molecular weight excluding hydrogens is 461 g/mol. The molecule has 0 fully saturated rings. The molecular formula is C22H21F3N2O7. The first-order valence-electron chi connectivity index (χ1n) is 9.80. The van der Waals surface area contributed by atoms with Crippen LogP contribution in [0.15, 0.2) is 48.5 Å². The summed E-state index contributed by atoms with van der Waals surface area (Å²) in [6.07, 6.45) is -5.24. The van der Waals surface area contributed by atoms with Crippen LogP contribution >= 0.6 is 0 Å². The third-order valence-electron chi connectivity index (χ3n) is 4.97. The fourth-order valence-electron chi connectivity index (χ4n) is 3.21. The number of nitro benzene ring substituents is 1. The minimum absolute atomic E-state index is 0.221. The number of ether oxygens (including phenoxy) is 2. The molecule has 0 bridgehead atoms. The van der Waals surface area contributed by atoms with Gasteiger partial charge in [0, 0.05) is 18.1 Å². The normalized spacial score (nSPS) is 12.9. The van der Waals surface area contributed by atoms with Gasteiger partial charge in [-0.25, -0.2) is 4.79 Å². The van der Waals surface area contributed by atoms with E-state index in [0.29, 0.717) is 5.56 Å². The molecule has 182 valence electrons. The van der Waals surface area contributed by atoms with E-state index in [9.17, 15) is 37.7 Å². The van der Waals surface area contributed by atoms with Gasteiger partial charge in [0.2, 0.25) is 5.91 Å². The Hall–Kier alpha value is -3.96. The van der Waals surface area contributed by atoms with Crippen LogP contribution in [0.3, 0.4) is 0 Å². The molecule has 2 aromatic rings. The molecule has 34 heavy (non-hydrogen) atoms. The number of rotatable bonds is 9. The summed E-state index contributed by atoms with van der Waals surface area (Å²) in [6.45, 7) is 0. The van der Waals surface area contributed by atoms with Gasteiger partial charge in [-0.05, 0) is 23.3 Å². The number of nitrogens with one attached hydrogen (secondary N) is 1. The number of esters is 2. The van der Waals surface area contributed by atoms with E-state index in [1.165, 1.54) is 24.3 Å². The molecule has 0 saturated heterocycles. The lowest BCUT2D eigenvalue weighted by atomic mass is 9.88. The smallest absolute Gasteiger partial charge is 0.416 e. The topological polar surface area (TPSA) is 125 Å². The molecule has 0 spiro atoms. The largest absolute Gasteiger partial charge is 0.469 e. The molecule has 0 aromatic heterocycles. The van der Waals surface area contributed by atoms with E-state index in [4.69, 9.17) is 4.74 Å². The highest BCUT2D eigenvalue weighted by Crippen LogP contribution is 2.30. The predicted octanol–water partition coefficient (Wildman–Crippen LogP) is 3.16. The number of halogens is 3. The number of carbonyl (C=O) groups is 3. The third-order valence-corrected chi connectivity index (χ3v) is 4.97. The molecule has 0 heterocycles. The minimum atomic E-state index is -4.53. The number of carbonyl (C=O) groups excluding carboxylic acids is 3. The van der Waals surface area contributed by atoms with Crippen LogP contribution in [0.25, 0.3) is 0 Å². The van der Waals surface area contributed by atoms with E-state index in [1.54, 1.807) is 0 Å². The summed E-state index contributed by atoms with van der Waals surface area (Å²) in [7, 11) is 2.20. The number of methoxy groups -OCH3 is 2. The van der Waals surface area contributed by atoms with Crippen molar-refractivity contribution in [1.82, 2.24) is 5.32 Å². The Bertz CT molecular complexity index is 1040. The first kappa shape index (κ1) is 26.3. The summed E-state index contributed by atoms with van der Waals surface area (Å²) in [5, 5.41) is 13.4. The predicted molar refractivity (Wildman–Crippen MR) is 112 cm³/mol. The van der Waals surface area contributed by atoms with Crippen molar-refractivity contribution in [3.63, 3.8) is 0 Å². The van der Waals surface area contributed by atoms with Crippen LogP contribution in [0.2, 0.25) is 0 Å². The molecule has 9 nitrogen and oxygen atoms in total. The van der Waals surface area contributed by atoms with Gasteiger partial charge in [-0.2, -0.15) is 13.2 Å². The molecule has 0 aliphatic rings. The highest BCUT2D eigenvalue weighted by atomic mass is 19.4. The Labute approximate surface area is 192 Å². The Morgan fingerprint density at radius 2 is 1.59 bits per heavy atom. The fourth-order valence-corrected chi connectivity index (χ4v) is 3.21. The van der Waals surface area contributed by atoms with Gasteiger partial charge in [0.1, 0.15) is 6.04 Å². The standard InChI is InChI=1S/C22H21F3N2O7/c1-33-19(29)12-17(14-5-9-16(10-6-14)27(31)32)20(21(30)34-2)26-18(28)11-13-3-7-15(8-4-13)22(23,24)25/h3-10,17,20H,11-12H2,1-2H3,(H,26,28)/t17-,20-/m0/s1. The van der Waals surface area contributed by atoms with Crippen LogP contribution in [-0.4, -0.2) is 43.0 Å². The number of nitrogens with zero attached hydrogens (tertiary/aromatic N) is 1. The first-order chi connectivity index (χ1) is 16.0. The number of alkyl halides is 3. The summed E-state index contributed by atoms with van der Waals surface area (Å²) in [4.78, 5) is 47.4. The van der Waals surface area contributed by atoms with Crippen LogP contribution in [0.5, 0.6) is 0 Å². The van der Waals surface area contributed by atoms with Gasteiger partial charge in [0.25, 0.3) is 5.69 Å². The van der Waals surface area contributed by atoms with Crippen molar-refractivity contribution < 1.29 is 42.0 Å². The average Bonchev–Trinajstić information content (AvgIpc) is 2.80. The Balaban J connectivity index is 2.29. The Morgan fingerprint density at radius 3 is 2.06 bits per heavy atom. The molecule has 0 unspecified atom stereocenters. The van der Waals surface area contributed by atoms with E-state index in [1.807, 2.05) is 0 Å². The Kier molecular flexibility index (Phi) is 8.70. The highest BCUT2D eigenvalue weighted by Gasteiger charge is 2.34. The van der Waals surface area contributed by atoms with Crippen molar-refractivity contribution in [2.45, 2.75) is 31.0 Å². The number of non-ortho nitro benzene ring substituents is 1. The maximum atomic E-state index is 12.7. The second-order valence-corrected chi connectivity index (χ2v) is 7.18. The summed E-state index contributed by atoms with van der Waals surface area (Å²) in [5.74, 6) is -3.33. The van der Waals surface area contributed by atoms with Crippen molar-refractivity contribution in [1.29, 1.82) is 0 Å². The van der Waals surface area contributed by atoms with Gasteiger partial charge in [0.05, 0.1) is 37.5 Å². The first-order valence-corrected chi connectivity index (χ1v) is 9.80. The Morgan fingerprint density at radius 1 is 1.00 bits per heavy atom. The number of amides is 1. The minimum Gasteiger partial charge on any atom is -0.469 e. The van der Waals surface area contributed by atoms with Crippen molar-refractivity contribution in [3.8, 4) is 0 Å².